The number of hydrogen-bond acceptors (Lipinski definition) is 3. The van der Waals surface area contributed by atoms with Crippen LogP contribution in [-0.4, -0.2) is 15.8 Å². The summed E-state index contributed by atoms with van der Waals surface area (Å²) in [4.78, 5) is 25.1. The van der Waals surface area contributed by atoms with Crippen LogP contribution < -0.4 is 5.32 Å². The molecule has 122 valence electrons. The molecule has 1 heterocycles. The standard InChI is InChI=1S/C17H14FN3O3/c18-14-7-6-12(9-16(14)21(23)24)20-17(22)8-5-11-10-19-15-4-2-1-3-13(11)15/h1-4,6-7,9-10,19H,5,8H2,(H,20,22). The van der Waals surface area contributed by atoms with Gasteiger partial charge in [-0.1, -0.05) is 18.2 Å². The van der Waals surface area contributed by atoms with Gasteiger partial charge >= 0.3 is 5.69 Å². The van der Waals surface area contributed by atoms with Gasteiger partial charge in [0.05, 0.1) is 4.92 Å². The van der Waals surface area contributed by atoms with E-state index in [-0.39, 0.29) is 18.0 Å². The highest BCUT2D eigenvalue weighted by atomic mass is 19.1. The molecule has 0 atom stereocenters. The van der Waals surface area contributed by atoms with Crippen molar-refractivity contribution in [3.05, 3.63) is 70.2 Å². The van der Waals surface area contributed by atoms with E-state index in [1.165, 1.54) is 6.07 Å². The fourth-order valence-corrected chi connectivity index (χ4v) is 2.54. The number of nitro benzene ring substituents is 1. The topological polar surface area (TPSA) is 88.0 Å². The summed E-state index contributed by atoms with van der Waals surface area (Å²) in [6, 6.07) is 11.1. The number of aromatic nitrogens is 1. The number of fused-ring (bicyclic) bond motifs is 1. The smallest absolute Gasteiger partial charge is 0.306 e. The summed E-state index contributed by atoms with van der Waals surface area (Å²) in [6.07, 6.45) is 2.60. The van der Waals surface area contributed by atoms with Crippen molar-refractivity contribution in [2.45, 2.75) is 12.8 Å². The Morgan fingerprint density at radius 3 is 2.83 bits per heavy atom. The molecule has 0 unspecified atom stereocenters. The number of carbonyl (C=O) groups excluding carboxylic acids is 1. The first-order valence-corrected chi connectivity index (χ1v) is 7.33. The summed E-state index contributed by atoms with van der Waals surface area (Å²) in [7, 11) is 0. The van der Waals surface area contributed by atoms with E-state index in [0.29, 0.717) is 6.42 Å². The van der Waals surface area contributed by atoms with E-state index < -0.39 is 16.4 Å². The minimum Gasteiger partial charge on any atom is -0.361 e. The highest BCUT2D eigenvalue weighted by Crippen LogP contribution is 2.22. The highest BCUT2D eigenvalue weighted by molar-refractivity contribution is 5.92. The number of nitro groups is 1. The van der Waals surface area contributed by atoms with Crippen LogP contribution in [0.1, 0.15) is 12.0 Å². The van der Waals surface area contributed by atoms with Gasteiger partial charge in [-0.05, 0) is 30.2 Å². The molecule has 2 aromatic carbocycles. The van der Waals surface area contributed by atoms with Gasteiger partial charge in [0.1, 0.15) is 0 Å². The van der Waals surface area contributed by atoms with E-state index in [2.05, 4.69) is 10.3 Å². The Morgan fingerprint density at radius 2 is 2.04 bits per heavy atom. The Labute approximate surface area is 136 Å². The number of hydrogen-bond donors (Lipinski definition) is 2. The van der Waals surface area contributed by atoms with Crippen molar-refractivity contribution in [2.24, 2.45) is 0 Å². The summed E-state index contributed by atoms with van der Waals surface area (Å²) in [5, 5.41) is 14.3. The number of aromatic amines is 1. The molecule has 1 amide bonds. The largest absolute Gasteiger partial charge is 0.361 e. The average Bonchev–Trinajstić information content (AvgIpc) is 2.98. The lowest BCUT2D eigenvalue weighted by Gasteiger charge is -2.05. The first-order valence-electron chi connectivity index (χ1n) is 7.33. The zero-order valence-corrected chi connectivity index (χ0v) is 12.6. The van der Waals surface area contributed by atoms with Crippen LogP contribution in [0.3, 0.4) is 0 Å². The number of H-pyrrole nitrogens is 1. The number of aryl methyl sites for hydroxylation is 1. The molecule has 7 heteroatoms. The van der Waals surface area contributed by atoms with E-state index in [1.807, 2.05) is 30.5 Å². The monoisotopic (exact) mass is 327 g/mol. The maximum atomic E-state index is 13.3. The van der Waals surface area contributed by atoms with Crippen molar-refractivity contribution in [1.29, 1.82) is 0 Å². The van der Waals surface area contributed by atoms with Crippen molar-refractivity contribution < 1.29 is 14.1 Å². The molecule has 0 bridgehead atoms. The zero-order chi connectivity index (χ0) is 17.1. The Bertz CT molecular complexity index is 920. The van der Waals surface area contributed by atoms with E-state index >= 15 is 0 Å². The van der Waals surface area contributed by atoms with Gasteiger partial charge in [0.2, 0.25) is 11.7 Å². The lowest BCUT2D eigenvalue weighted by Crippen LogP contribution is -2.12. The lowest BCUT2D eigenvalue weighted by atomic mass is 10.1. The number of carbonyl (C=O) groups is 1. The molecule has 2 N–H and O–H groups in total. The summed E-state index contributed by atoms with van der Waals surface area (Å²) < 4.78 is 13.3. The summed E-state index contributed by atoms with van der Waals surface area (Å²) in [6.45, 7) is 0. The predicted molar refractivity (Wildman–Crippen MR) is 88.3 cm³/mol. The molecule has 24 heavy (non-hydrogen) atoms. The van der Waals surface area contributed by atoms with E-state index in [4.69, 9.17) is 0 Å². The van der Waals surface area contributed by atoms with Gasteiger partial charge in [-0.2, -0.15) is 4.39 Å². The average molecular weight is 327 g/mol. The lowest BCUT2D eigenvalue weighted by molar-refractivity contribution is -0.387. The van der Waals surface area contributed by atoms with Crippen molar-refractivity contribution in [1.82, 2.24) is 4.98 Å². The van der Waals surface area contributed by atoms with Gasteiger partial charge in [-0.15, -0.1) is 0 Å². The van der Waals surface area contributed by atoms with E-state index in [1.54, 1.807) is 0 Å². The number of anilines is 1. The van der Waals surface area contributed by atoms with Gasteiger partial charge in [-0.25, -0.2) is 0 Å². The molecule has 0 saturated heterocycles. The Kier molecular flexibility index (Phi) is 4.24. The number of rotatable bonds is 5. The Hall–Kier alpha value is -3.22. The van der Waals surface area contributed by atoms with Crippen LogP contribution in [0.2, 0.25) is 0 Å². The molecule has 0 aliphatic carbocycles. The van der Waals surface area contributed by atoms with Crippen LogP contribution in [0.25, 0.3) is 10.9 Å². The van der Waals surface area contributed by atoms with Gasteiger partial charge < -0.3 is 10.3 Å². The number of para-hydroxylation sites is 1. The van der Waals surface area contributed by atoms with Crippen LogP contribution in [0, 0.1) is 15.9 Å². The quantitative estimate of drug-likeness (QED) is 0.552. The van der Waals surface area contributed by atoms with Crippen molar-refractivity contribution in [3.8, 4) is 0 Å². The first-order chi connectivity index (χ1) is 11.5. The minimum absolute atomic E-state index is 0.201. The molecule has 0 saturated carbocycles. The molecular formula is C17H14FN3O3. The van der Waals surface area contributed by atoms with Crippen molar-refractivity contribution >= 4 is 28.2 Å². The van der Waals surface area contributed by atoms with Crippen molar-refractivity contribution in [3.63, 3.8) is 0 Å². The number of benzene rings is 2. The number of nitrogens with zero attached hydrogens (tertiary/aromatic N) is 1. The molecular weight excluding hydrogens is 313 g/mol. The third-order valence-electron chi connectivity index (χ3n) is 3.72. The minimum atomic E-state index is -0.934. The van der Waals surface area contributed by atoms with Gasteiger partial charge in [0.15, 0.2) is 0 Å². The molecule has 1 aromatic heterocycles. The summed E-state index contributed by atoms with van der Waals surface area (Å²) >= 11 is 0. The number of nitrogens with one attached hydrogen (secondary N) is 2. The van der Waals surface area contributed by atoms with Crippen LogP contribution in [0.15, 0.2) is 48.7 Å². The van der Waals surface area contributed by atoms with Crippen LogP contribution in [0.4, 0.5) is 15.8 Å². The molecule has 0 fully saturated rings. The first kappa shape index (κ1) is 15.7. The maximum Gasteiger partial charge on any atom is 0.306 e. The molecule has 0 aliphatic heterocycles. The second-order valence-corrected chi connectivity index (χ2v) is 5.33. The second kappa shape index (κ2) is 6.49. The summed E-state index contributed by atoms with van der Waals surface area (Å²) in [5.74, 6) is -1.22. The molecule has 0 aliphatic rings. The van der Waals surface area contributed by atoms with Crippen LogP contribution in [0.5, 0.6) is 0 Å². The highest BCUT2D eigenvalue weighted by Gasteiger charge is 2.15. The molecule has 0 radical (unpaired) electrons. The van der Waals surface area contributed by atoms with Gasteiger partial charge in [0.25, 0.3) is 0 Å². The zero-order valence-electron chi connectivity index (χ0n) is 12.6. The predicted octanol–water partition coefficient (Wildman–Crippen LogP) is 3.79. The fourth-order valence-electron chi connectivity index (χ4n) is 2.54. The molecule has 3 aromatic rings. The molecule has 3 rings (SSSR count). The molecule has 6 nitrogen and oxygen atoms in total. The fraction of sp³-hybridized carbons (Fsp3) is 0.118. The normalized spacial score (nSPS) is 10.7. The SMILES string of the molecule is O=C(CCc1c[nH]c2ccccc12)Nc1ccc(F)c([N+](=O)[O-])c1. The van der Waals surface area contributed by atoms with E-state index in [9.17, 15) is 19.3 Å². The van der Waals surface area contributed by atoms with Crippen molar-refractivity contribution in [2.75, 3.05) is 5.32 Å². The van der Waals surface area contributed by atoms with Gasteiger partial charge in [-0.3, -0.25) is 14.9 Å². The second-order valence-electron chi connectivity index (χ2n) is 5.33. The third-order valence-corrected chi connectivity index (χ3v) is 3.72. The Morgan fingerprint density at radius 1 is 1.25 bits per heavy atom. The maximum absolute atomic E-state index is 13.3. The van der Waals surface area contributed by atoms with Gasteiger partial charge in [0, 0.05) is 35.3 Å². The summed E-state index contributed by atoms with van der Waals surface area (Å²) in [5.41, 5.74) is 1.56. The van der Waals surface area contributed by atoms with Crippen LogP contribution in [-0.2, 0) is 11.2 Å². The third kappa shape index (κ3) is 3.24. The number of halogens is 1. The van der Waals surface area contributed by atoms with E-state index in [0.717, 1.165) is 28.6 Å². The number of amides is 1. The molecule has 0 spiro atoms. The Balaban J connectivity index is 1.66. The van der Waals surface area contributed by atoms with Crippen LogP contribution >= 0.6 is 0 Å².